The molecule has 1 unspecified atom stereocenters. The topological polar surface area (TPSA) is 38.0 Å². The molecular weight excluding hydrogens is 345 g/mol. The Kier molecular flexibility index (Phi) is 5.46. The minimum Gasteiger partial charge on any atom is -0.271 e. The lowest BCUT2D eigenvalue weighted by Crippen LogP contribution is -2.30. The smallest absolute Gasteiger partial charge is 0.271 e. The molecule has 1 aromatic rings. The standard InChI is InChI=1S/C15H18BrF3N2/c16-13-8-7-11(15(17,18)19)9-12(13)14(21-20)10-5-3-1-2-4-6-10/h5,7-9,14,21H,1-4,6,20H2. The molecular formula is C15H18BrF3N2. The van der Waals surface area contributed by atoms with Crippen LogP contribution in [-0.4, -0.2) is 0 Å². The summed E-state index contributed by atoms with van der Waals surface area (Å²) in [6.45, 7) is 0. The van der Waals surface area contributed by atoms with Gasteiger partial charge < -0.3 is 0 Å². The summed E-state index contributed by atoms with van der Waals surface area (Å²) in [5, 5.41) is 0. The van der Waals surface area contributed by atoms with E-state index < -0.39 is 11.7 Å². The zero-order valence-corrected chi connectivity index (χ0v) is 13.1. The Bertz CT molecular complexity index is 526. The highest BCUT2D eigenvalue weighted by Gasteiger charge is 2.32. The molecule has 1 aromatic carbocycles. The van der Waals surface area contributed by atoms with E-state index in [0.29, 0.717) is 10.0 Å². The monoisotopic (exact) mass is 362 g/mol. The summed E-state index contributed by atoms with van der Waals surface area (Å²) in [7, 11) is 0. The van der Waals surface area contributed by atoms with Crippen molar-refractivity contribution in [3.8, 4) is 0 Å². The summed E-state index contributed by atoms with van der Waals surface area (Å²) < 4.78 is 39.3. The van der Waals surface area contributed by atoms with Crippen LogP contribution in [-0.2, 0) is 6.18 Å². The van der Waals surface area contributed by atoms with Crippen LogP contribution in [0.4, 0.5) is 13.2 Å². The van der Waals surface area contributed by atoms with Crippen LogP contribution in [0.5, 0.6) is 0 Å². The van der Waals surface area contributed by atoms with Crippen molar-refractivity contribution in [2.45, 2.75) is 44.3 Å². The van der Waals surface area contributed by atoms with E-state index in [0.717, 1.165) is 43.7 Å². The molecule has 0 spiro atoms. The van der Waals surface area contributed by atoms with Crippen molar-refractivity contribution < 1.29 is 13.2 Å². The fourth-order valence-corrected chi connectivity index (χ4v) is 3.12. The predicted octanol–water partition coefficient (Wildman–Crippen LogP) is 4.86. The zero-order chi connectivity index (χ0) is 15.5. The van der Waals surface area contributed by atoms with Crippen LogP contribution >= 0.6 is 15.9 Å². The third kappa shape index (κ3) is 4.08. The minimum absolute atomic E-state index is 0.389. The molecule has 3 N–H and O–H groups in total. The first-order chi connectivity index (χ1) is 9.93. The van der Waals surface area contributed by atoms with Crippen LogP contribution in [0.3, 0.4) is 0 Å². The van der Waals surface area contributed by atoms with E-state index in [2.05, 4.69) is 27.4 Å². The van der Waals surface area contributed by atoms with E-state index in [9.17, 15) is 13.2 Å². The molecule has 2 rings (SSSR count). The number of nitrogens with one attached hydrogen (secondary N) is 1. The molecule has 2 nitrogen and oxygen atoms in total. The summed E-state index contributed by atoms with van der Waals surface area (Å²) >= 11 is 3.33. The molecule has 0 amide bonds. The van der Waals surface area contributed by atoms with Gasteiger partial charge in [0.05, 0.1) is 11.6 Å². The second-order valence-electron chi connectivity index (χ2n) is 5.21. The summed E-state index contributed by atoms with van der Waals surface area (Å²) in [6, 6.07) is 3.28. The summed E-state index contributed by atoms with van der Waals surface area (Å²) in [5.74, 6) is 5.62. The van der Waals surface area contributed by atoms with Crippen molar-refractivity contribution >= 4 is 15.9 Å². The molecule has 0 bridgehead atoms. The van der Waals surface area contributed by atoms with Gasteiger partial charge in [-0.1, -0.05) is 34.0 Å². The lowest BCUT2D eigenvalue weighted by Gasteiger charge is -2.22. The molecule has 0 fully saturated rings. The van der Waals surface area contributed by atoms with Gasteiger partial charge in [0, 0.05) is 4.47 Å². The Morgan fingerprint density at radius 2 is 1.95 bits per heavy atom. The fourth-order valence-electron chi connectivity index (χ4n) is 2.64. The quantitative estimate of drug-likeness (QED) is 0.457. The van der Waals surface area contributed by atoms with Gasteiger partial charge in [-0.3, -0.25) is 5.84 Å². The molecule has 6 heteroatoms. The Labute approximate surface area is 130 Å². The average molecular weight is 363 g/mol. The molecule has 1 atom stereocenters. The lowest BCUT2D eigenvalue weighted by molar-refractivity contribution is -0.137. The van der Waals surface area contributed by atoms with Crippen LogP contribution in [0.2, 0.25) is 0 Å². The van der Waals surface area contributed by atoms with Crippen molar-refractivity contribution in [2.75, 3.05) is 0 Å². The van der Waals surface area contributed by atoms with E-state index in [1.165, 1.54) is 12.1 Å². The molecule has 0 heterocycles. The maximum atomic E-state index is 12.9. The molecule has 0 saturated heterocycles. The number of hydrogen-bond donors (Lipinski definition) is 2. The molecule has 1 aliphatic rings. The molecule has 0 aromatic heterocycles. The highest BCUT2D eigenvalue weighted by atomic mass is 79.9. The molecule has 0 saturated carbocycles. The summed E-state index contributed by atoms with van der Waals surface area (Å²) in [4.78, 5) is 0. The number of halogens is 4. The number of alkyl halides is 3. The Hall–Kier alpha value is -0.850. The maximum Gasteiger partial charge on any atom is 0.416 e. The number of nitrogens with two attached hydrogens (primary N) is 1. The normalized spacial score (nSPS) is 18.0. The number of rotatable bonds is 3. The van der Waals surface area contributed by atoms with Gasteiger partial charge in [0.15, 0.2) is 0 Å². The van der Waals surface area contributed by atoms with Crippen molar-refractivity contribution in [3.63, 3.8) is 0 Å². The van der Waals surface area contributed by atoms with E-state index in [-0.39, 0.29) is 6.04 Å². The minimum atomic E-state index is -4.35. The van der Waals surface area contributed by atoms with E-state index >= 15 is 0 Å². The predicted molar refractivity (Wildman–Crippen MR) is 80.4 cm³/mol. The van der Waals surface area contributed by atoms with Crippen LogP contribution in [0.25, 0.3) is 0 Å². The fraction of sp³-hybridized carbons (Fsp3) is 0.467. The van der Waals surface area contributed by atoms with Gasteiger partial charge in [-0.2, -0.15) is 13.2 Å². The first-order valence-corrected chi connectivity index (χ1v) is 7.74. The van der Waals surface area contributed by atoms with Crippen LogP contribution < -0.4 is 11.3 Å². The SMILES string of the molecule is NNC(C1=CCCCCC1)c1cc(C(F)(F)F)ccc1Br. The van der Waals surface area contributed by atoms with E-state index in [4.69, 9.17) is 5.84 Å². The maximum absolute atomic E-state index is 12.9. The first-order valence-electron chi connectivity index (χ1n) is 6.95. The number of hydrogen-bond acceptors (Lipinski definition) is 2. The third-order valence-corrected chi connectivity index (χ3v) is 4.47. The van der Waals surface area contributed by atoms with Crippen molar-refractivity contribution in [2.24, 2.45) is 5.84 Å². The van der Waals surface area contributed by atoms with E-state index in [1.54, 1.807) is 0 Å². The highest BCUT2D eigenvalue weighted by Crippen LogP contribution is 2.37. The zero-order valence-electron chi connectivity index (χ0n) is 11.5. The third-order valence-electron chi connectivity index (χ3n) is 3.75. The van der Waals surface area contributed by atoms with Crippen molar-refractivity contribution in [3.05, 3.63) is 45.4 Å². The van der Waals surface area contributed by atoms with Crippen LogP contribution in [0.1, 0.15) is 49.3 Å². The van der Waals surface area contributed by atoms with Crippen LogP contribution in [0, 0.1) is 0 Å². The Balaban J connectivity index is 2.39. The second kappa shape index (κ2) is 6.94. The lowest BCUT2D eigenvalue weighted by atomic mass is 9.94. The van der Waals surface area contributed by atoms with Crippen molar-refractivity contribution in [1.29, 1.82) is 0 Å². The molecule has 21 heavy (non-hydrogen) atoms. The Morgan fingerprint density at radius 1 is 1.19 bits per heavy atom. The Morgan fingerprint density at radius 3 is 2.62 bits per heavy atom. The van der Waals surface area contributed by atoms with Gasteiger partial charge in [-0.05, 0) is 49.4 Å². The number of allylic oxidation sites excluding steroid dienone is 1. The number of hydrazine groups is 1. The molecule has 0 aliphatic heterocycles. The molecule has 1 aliphatic carbocycles. The van der Waals surface area contributed by atoms with Gasteiger partial charge in [-0.15, -0.1) is 0 Å². The van der Waals surface area contributed by atoms with Gasteiger partial charge in [-0.25, -0.2) is 5.43 Å². The second-order valence-corrected chi connectivity index (χ2v) is 6.07. The van der Waals surface area contributed by atoms with Crippen molar-refractivity contribution in [1.82, 2.24) is 5.43 Å². The summed E-state index contributed by atoms with van der Waals surface area (Å²) in [6.07, 6.45) is 2.85. The van der Waals surface area contributed by atoms with Gasteiger partial charge in [0.2, 0.25) is 0 Å². The highest BCUT2D eigenvalue weighted by molar-refractivity contribution is 9.10. The average Bonchev–Trinajstić information content (AvgIpc) is 2.69. The van der Waals surface area contributed by atoms with Gasteiger partial charge in [0.1, 0.15) is 0 Å². The van der Waals surface area contributed by atoms with Crippen LogP contribution in [0.15, 0.2) is 34.3 Å². The van der Waals surface area contributed by atoms with Gasteiger partial charge in [0.25, 0.3) is 0 Å². The summed E-state index contributed by atoms with van der Waals surface area (Å²) in [5.41, 5.74) is 3.61. The largest absolute Gasteiger partial charge is 0.416 e. The number of benzene rings is 1. The molecule has 116 valence electrons. The van der Waals surface area contributed by atoms with E-state index in [1.807, 2.05) is 0 Å². The first kappa shape index (κ1) is 16.5. The molecule has 0 radical (unpaired) electrons. The van der Waals surface area contributed by atoms with Gasteiger partial charge >= 0.3 is 6.18 Å².